The van der Waals surface area contributed by atoms with Gasteiger partial charge in [-0.1, -0.05) is 6.08 Å². The van der Waals surface area contributed by atoms with E-state index >= 15 is 0 Å². The lowest BCUT2D eigenvalue weighted by Crippen LogP contribution is -1.87. The van der Waals surface area contributed by atoms with Crippen LogP contribution in [0.25, 0.3) is 5.57 Å². The second-order valence-corrected chi connectivity index (χ2v) is 2.44. The molecule has 0 unspecified atom stereocenters. The fraction of sp³-hybridized carbons (Fsp3) is 0.100. The molecule has 0 amide bonds. The molecule has 1 radical (unpaired) electrons. The molecule has 0 saturated carbocycles. The topological polar surface area (TPSA) is 0 Å². The monoisotopic (exact) mass is 167 g/mol. The molecule has 0 bridgehead atoms. The Kier molecular flexibility index (Phi) is 2.58. The third-order valence-corrected chi connectivity index (χ3v) is 1.63. The average molecular weight is 167 g/mol. The molecule has 0 heterocycles. The summed E-state index contributed by atoms with van der Waals surface area (Å²) in [5, 5.41) is 0. The summed E-state index contributed by atoms with van der Waals surface area (Å²) in [5.41, 5.74) is 0.909. The summed E-state index contributed by atoms with van der Waals surface area (Å²) in [6.45, 7) is 5.37. The highest BCUT2D eigenvalue weighted by atomic mass is 19.1. The Morgan fingerprint density at radius 1 is 1.42 bits per heavy atom. The number of allylic oxidation sites excluding steroid dienone is 2. The van der Waals surface area contributed by atoms with Crippen molar-refractivity contribution in [2.45, 2.75) is 6.92 Å². The fourth-order valence-corrected chi connectivity index (χ4v) is 0.905. The van der Waals surface area contributed by atoms with E-state index in [1.165, 1.54) is 12.1 Å². The van der Waals surface area contributed by atoms with Crippen LogP contribution in [-0.2, 0) is 0 Å². The largest absolute Gasteiger partial charge is 0.207 e. The lowest BCUT2D eigenvalue weighted by atomic mass is 10.1. The van der Waals surface area contributed by atoms with E-state index in [1.807, 2.05) is 0 Å². The number of hydrogen-bond donors (Lipinski definition) is 0. The summed E-state index contributed by atoms with van der Waals surface area (Å²) in [6, 6.07) is 3.45. The molecule has 0 aromatic heterocycles. The highest BCUT2D eigenvalue weighted by Gasteiger charge is 2.03. The van der Waals surface area contributed by atoms with Gasteiger partial charge >= 0.3 is 0 Å². The highest BCUT2D eigenvalue weighted by molar-refractivity contribution is 5.68. The number of rotatable bonds is 1. The summed E-state index contributed by atoms with van der Waals surface area (Å²) < 4.78 is 25.4. The van der Waals surface area contributed by atoms with Crippen LogP contribution in [0.5, 0.6) is 0 Å². The Bertz CT molecular complexity index is 314. The van der Waals surface area contributed by atoms with E-state index < -0.39 is 11.6 Å². The van der Waals surface area contributed by atoms with E-state index in [0.717, 1.165) is 6.07 Å². The van der Waals surface area contributed by atoms with Gasteiger partial charge in [-0.15, -0.1) is 0 Å². The summed E-state index contributed by atoms with van der Waals surface area (Å²) in [6.07, 6.45) is 1.68. The molecular formula is C10H9F2. The molecule has 0 aliphatic carbocycles. The number of hydrogen-bond acceptors (Lipinski definition) is 0. The minimum atomic E-state index is -0.571. The van der Waals surface area contributed by atoms with Crippen molar-refractivity contribution >= 4 is 5.57 Å². The third-order valence-electron chi connectivity index (χ3n) is 1.63. The predicted octanol–water partition coefficient (Wildman–Crippen LogP) is 3.20. The van der Waals surface area contributed by atoms with Gasteiger partial charge in [-0.3, -0.25) is 0 Å². The Balaban J connectivity index is 3.18. The first-order valence-corrected chi connectivity index (χ1v) is 3.59. The second kappa shape index (κ2) is 3.48. The van der Waals surface area contributed by atoms with Crippen molar-refractivity contribution in [3.63, 3.8) is 0 Å². The van der Waals surface area contributed by atoms with Crippen LogP contribution in [0.2, 0.25) is 0 Å². The van der Waals surface area contributed by atoms with E-state index in [9.17, 15) is 8.78 Å². The smallest absolute Gasteiger partial charge is 0.133 e. The molecule has 1 rings (SSSR count). The lowest BCUT2D eigenvalue weighted by Gasteiger charge is -2.01. The molecule has 2 heteroatoms. The van der Waals surface area contributed by atoms with Crippen LogP contribution in [0.3, 0.4) is 0 Å². The van der Waals surface area contributed by atoms with E-state index in [1.54, 1.807) is 13.0 Å². The van der Waals surface area contributed by atoms with E-state index in [2.05, 4.69) is 6.92 Å². The molecule has 0 N–H and O–H groups in total. The maximum atomic E-state index is 13.0. The zero-order valence-corrected chi connectivity index (χ0v) is 6.77. The van der Waals surface area contributed by atoms with E-state index in [-0.39, 0.29) is 0 Å². The van der Waals surface area contributed by atoms with Crippen molar-refractivity contribution < 1.29 is 8.78 Å². The van der Waals surface area contributed by atoms with Gasteiger partial charge in [0.2, 0.25) is 0 Å². The first-order chi connectivity index (χ1) is 5.65. The minimum Gasteiger partial charge on any atom is -0.207 e. The van der Waals surface area contributed by atoms with Crippen molar-refractivity contribution in [1.82, 2.24) is 0 Å². The van der Waals surface area contributed by atoms with Gasteiger partial charge in [0.25, 0.3) is 0 Å². The molecule has 0 aliphatic heterocycles. The van der Waals surface area contributed by atoms with E-state index in [0.29, 0.717) is 11.1 Å². The molecule has 0 nitrogen and oxygen atoms in total. The maximum Gasteiger partial charge on any atom is 0.133 e. The zero-order valence-electron chi connectivity index (χ0n) is 6.77. The summed E-state index contributed by atoms with van der Waals surface area (Å²) in [4.78, 5) is 0. The Hall–Kier alpha value is -1.18. The Morgan fingerprint density at radius 3 is 2.58 bits per heavy atom. The standard InChI is InChI=1S/C10H9F2/c1-3-7(2)9-5-4-8(11)6-10(9)12/h3-6H,2H2,1H3. The van der Waals surface area contributed by atoms with Crippen LogP contribution in [0.1, 0.15) is 12.5 Å². The zero-order chi connectivity index (χ0) is 9.14. The first-order valence-electron chi connectivity index (χ1n) is 3.59. The molecule has 0 fully saturated rings. The van der Waals surface area contributed by atoms with Crippen molar-refractivity contribution in [1.29, 1.82) is 0 Å². The van der Waals surface area contributed by atoms with Crippen molar-refractivity contribution in [2.24, 2.45) is 0 Å². The van der Waals surface area contributed by atoms with Gasteiger partial charge in [0, 0.05) is 11.6 Å². The highest BCUT2D eigenvalue weighted by Crippen LogP contribution is 2.17. The lowest BCUT2D eigenvalue weighted by molar-refractivity contribution is 0.581. The van der Waals surface area contributed by atoms with Gasteiger partial charge in [0.05, 0.1) is 0 Å². The normalized spacial score (nSPS) is 11.8. The fourth-order valence-electron chi connectivity index (χ4n) is 0.905. The molecule has 12 heavy (non-hydrogen) atoms. The van der Waals surface area contributed by atoms with Gasteiger partial charge in [0.15, 0.2) is 0 Å². The third kappa shape index (κ3) is 1.70. The van der Waals surface area contributed by atoms with Crippen molar-refractivity contribution in [3.05, 3.63) is 48.4 Å². The molecule has 1 aromatic rings. The van der Waals surface area contributed by atoms with E-state index in [4.69, 9.17) is 0 Å². The van der Waals surface area contributed by atoms with Gasteiger partial charge in [-0.25, -0.2) is 8.78 Å². The van der Waals surface area contributed by atoms with Gasteiger partial charge in [-0.05, 0) is 31.6 Å². The first kappa shape index (κ1) is 8.91. The van der Waals surface area contributed by atoms with Crippen molar-refractivity contribution in [2.75, 3.05) is 0 Å². The van der Waals surface area contributed by atoms with Gasteiger partial charge in [-0.2, -0.15) is 0 Å². The quantitative estimate of drug-likeness (QED) is 0.602. The maximum absolute atomic E-state index is 13.0. The average Bonchev–Trinajstić information content (AvgIpc) is 2.03. The summed E-state index contributed by atoms with van der Waals surface area (Å²) >= 11 is 0. The molecule has 1 aromatic carbocycles. The van der Waals surface area contributed by atoms with Crippen LogP contribution in [-0.4, -0.2) is 0 Å². The Morgan fingerprint density at radius 2 is 2.08 bits per heavy atom. The number of halogens is 2. The Labute approximate surface area is 70.5 Å². The minimum absolute atomic E-state index is 0.346. The van der Waals surface area contributed by atoms with Gasteiger partial charge < -0.3 is 0 Å². The SMILES string of the molecule is [CH2]C(=CC)c1ccc(F)cc1F. The molecule has 0 atom stereocenters. The summed E-state index contributed by atoms with van der Waals surface area (Å²) in [7, 11) is 0. The molecule has 0 saturated heterocycles. The number of benzene rings is 1. The molecule has 63 valence electrons. The van der Waals surface area contributed by atoms with Crippen LogP contribution < -0.4 is 0 Å². The van der Waals surface area contributed by atoms with Gasteiger partial charge in [0.1, 0.15) is 11.6 Å². The van der Waals surface area contributed by atoms with Crippen LogP contribution in [0.15, 0.2) is 24.3 Å². The summed E-state index contributed by atoms with van der Waals surface area (Å²) in [5.74, 6) is -1.14. The molecule has 0 spiro atoms. The van der Waals surface area contributed by atoms with Crippen molar-refractivity contribution in [3.8, 4) is 0 Å². The molecular weight excluding hydrogens is 158 g/mol. The molecule has 0 aliphatic rings. The predicted molar refractivity (Wildman–Crippen MR) is 45.4 cm³/mol. The van der Waals surface area contributed by atoms with Crippen LogP contribution in [0.4, 0.5) is 8.78 Å². The second-order valence-electron chi connectivity index (χ2n) is 2.44. The van der Waals surface area contributed by atoms with Crippen LogP contribution >= 0.6 is 0 Å². The van der Waals surface area contributed by atoms with Crippen LogP contribution in [0, 0.1) is 18.6 Å².